The van der Waals surface area contributed by atoms with Gasteiger partial charge in [0.1, 0.15) is 0 Å². The Morgan fingerprint density at radius 1 is 1.43 bits per heavy atom. The van der Waals surface area contributed by atoms with E-state index in [9.17, 15) is 0 Å². The minimum atomic E-state index is 0.419. The lowest BCUT2D eigenvalue weighted by atomic mass is 9.94. The first-order valence-corrected chi connectivity index (χ1v) is 5.28. The molecule has 0 radical (unpaired) electrons. The molecule has 2 unspecified atom stereocenters. The van der Waals surface area contributed by atoms with Crippen molar-refractivity contribution in [3.8, 4) is 0 Å². The van der Waals surface area contributed by atoms with Gasteiger partial charge in [0.05, 0.1) is 6.04 Å². The maximum Gasteiger partial charge on any atom is 0.0511 e. The number of hydrogen-bond acceptors (Lipinski definition) is 2. The number of aromatic amines is 1. The summed E-state index contributed by atoms with van der Waals surface area (Å²) in [6, 6.07) is 4.60. The van der Waals surface area contributed by atoms with E-state index in [0.29, 0.717) is 12.0 Å². The van der Waals surface area contributed by atoms with Crippen LogP contribution in [-0.4, -0.2) is 25.6 Å². The fourth-order valence-electron chi connectivity index (χ4n) is 1.94. The second-order valence-electron chi connectivity index (χ2n) is 3.62. The van der Waals surface area contributed by atoms with E-state index in [1.54, 1.807) is 0 Å². The maximum absolute atomic E-state index is 3.37. The summed E-state index contributed by atoms with van der Waals surface area (Å²) in [4.78, 5) is 3.27. The molecule has 0 spiro atoms. The highest BCUT2D eigenvalue weighted by Gasteiger charge is 2.19. The molecule has 2 atom stereocenters. The summed E-state index contributed by atoms with van der Waals surface area (Å²) in [5.74, 6) is 0.628. The molecule has 14 heavy (non-hydrogen) atoms. The molecule has 0 saturated carbocycles. The summed E-state index contributed by atoms with van der Waals surface area (Å²) < 4.78 is 0. The van der Waals surface area contributed by atoms with Crippen LogP contribution < -0.4 is 10.6 Å². The quantitative estimate of drug-likeness (QED) is 0.644. The van der Waals surface area contributed by atoms with Crippen LogP contribution in [0.1, 0.15) is 25.1 Å². The van der Waals surface area contributed by atoms with Crippen LogP contribution in [0.4, 0.5) is 0 Å². The van der Waals surface area contributed by atoms with Crippen molar-refractivity contribution in [2.75, 3.05) is 20.6 Å². The monoisotopic (exact) mass is 195 g/mol. The van der Waals surface area contributed by atoms with Gasteiger partial charge in [-0.15, -0.1) is 0 Å². The molecule has 1 rings (SSSR count). The van der Waals surface area contributed by atoms with Crippen LogP contribution in [0.15, 0.2) is 18.3 Å². The van der Waals surface area contributed by atoms with E-state index in [2.05, 4.69) is 28.6 Å². The molecule has 1 heterocycles. The molecule has 3 heteroatoms. The van der Waals surface area contributed by atoms with Gasteiger partial charge in [0, 0.05) is 11.9 Å². The average Bonchev–Trinajstić information content (AvgIpc) is 2.71. The molecule has 0 aliphatic heterocycles. The summed E-state index contributed by atoms with van der Waals surface area (Å²) in [5.41, 5.74) is 1.27. The largest absolute Gasteiger partial charge is 0.364 e. The fourth-order valence-corrected chi connectivity index (χ4v) is 1.94. The molecule has 0 fully saturated rings. The number of H-pyrrole nitrogens is 1. The van der Waals surface area contributed by atoms with Crippen molar-refractivity contribution in [1.29, 1.82) is 0 Å². The fraction of sp³-hybridized carbons (Fsp3) is 0.636. The van der Waals surface area contributed by atoms with E-state index in [1.165, 1.54) is 12.1 Å². The summed E-state index contributed by atoms with van der Waals surface area (Å²) in [6.45, 7) is 3.27. The van der Waals surface area contributed by atoms with E-state index < -0.39 is 0 Å². The highest BCUT2D eigenvalue weighted by Crippen LogP contribution is 2.22. The zero-order chi connectivity index (χ0) is 10.4. The van der Waals surface area contributed by atoms with Gasteiger partial charge in [0.25, 0.3) is 0 Å². The molecular formula is C11H21N3. The molecule has 0 amide bonds. The van der Waals surface area contributed by atoms with Crippen molar-refractivity contribution in [3.05, 3.63) is 24.0 Å². The molecule has 0 saturated heterocycles. The number of aromatic nitrogens is 1. The third-order valence-corrected chi connectivity index (χ3v) is 2.73. The molecule has 0 aliphatic rings. The van der Waals surface area contributed by atoms with Crippen molar-refractivity contribution in [3.63, 3.8) is 0 Å². The molecule has 3 nitrogen and oxygen atoms in total. The highest BCUT2D eigenvalue weighted by atomic mass is 14.9. The Bertz CT molecular complexity index is 231. The van der Waals surface area contributed by atoms with Gasteiger partial charge < -0.3 is 15.6 Å². The Morgan fingerprint density at radius 3 is 2.64 bits per heavy atom. The first kappa shape index (κ1) is 11.3. The topological polar surface area (TPSA) is 39.8 Å². The molecular weight excluding hydrogens is 174 g/mol. The van der Waals surface area contributed by atoms with Gasteiger partial charge in [-0.1, -0.05) is 13.3 Å². The lowest BCUT2D eigenvalue weighted by Gasteiger charge is -2.24. The number of rotatable bonds is 6. The normalized spacial score (nSPS) is 15.4. The van der Waals surface area contributed by atoms with Gasteiger partial charge in [-0.3, -0.25) is 0 Å². The smallest absolute Gasteiger partial charge is 0.0511 e. The third kappa shape index (κ3) is 2.59. The maximum atomic E-state index is 3.37. The van der Waals surface area contributed by atoms with Crippen molar-refractivity contribution < 1.29 is 0 Å². The SMILES string of the molecule is CCC(CNC)C(NC)c1ccc[nH]1. The Morgan fingerprint density at radius 2 is 2.21 bits per heavy atom. The predicted octanol–water partition coefficient (Wildman–Crippen LogP) is 1.52. The third-order valence-electron chi connectivity index (χ3n) is 2.73. The Labute approximate surface area is 86.3 Å². The van der Waals surface area contributed by atoms with Gasteiger partial charge in [0.15, 0.2) is 0 Å². The van der Waals surface area contributed by atoms with Crippen LogP contribution in [0.25, 0.3) is 0 Å². The molecule has 1 aromatic heterocycles. The second kappa shape index (κ2) is 5.83. The van der Waals surface area contributed by atoms with Crippen molar-refractivity contribution in [1.82, 2.24) is 15.6 Å². The van der Waals surface area contributed by atoms with Gasteiger partial charge in [-0.25, -0.2) is 0 Å². The minimum Gasteiger partial charge on any atom is -0.364 e. The van der Waals surface area contributed by atoms with Crippen LogP contribution in [-0.2, 0) is 0 Å². The Hall–Kier alpha value is -0.800. The molecule has 1 aromatic rings. The van der Waals surface area contributed by atoms with Gasteiger partial charge in [-0.2, -0.15) is 0 Å². The van der Waals surface area contributed by atoms with Gasteiger partial charge >= 0.3 is 0 Å². The summed E-state index contributed by atoms with van der Waals surface area (Å²) in [7, 11) is 4.02. The average molecular weight is 195 g/mol. The molecule has 80 valence electrons. The van der Waals surface area contributed by atoms with E-state index in [4.69, 9.17) is 0 Å². The molecule has 0 aliphatic carbocycles. The second-order valence-corrected chi connectivity index (χ2v) is 3.62. The highest BCUT2D eigenvalue weighted by molar-refractivity contribution is 5.10. The van der Waals surface area contributed by atoms with Crippen LogP contribution >= 0.6 is 0 Å². The summed E-state index contributed by atoms with van der Waals surface area (Å²) >= 11 is 0. The number of nitrogens with one attached hydrogen (secondary N) is 3. The Balaban J connectivity index is 2.68. The van der Waals surface area contributed by atoms with Crippen molar-refractivity contribution >= 4 is 0 Å². The van der Waals surface area contributed by atoms with Crippen LogP contribution in [0.3, 0.4) is 0 Å². The first-order chi connectivity index (χ1) is 6.83. The summed E-state index contributed by atoms with van der Waals surface area (Å²) in [6.07, 6.45) is 3.15. The van der Waals surface area contributed by atoms with Gasteiger partial charge in [-0.05, 0) is 38.7 Å². The Kier molecular flexibility index (Phi) is 4.70. The molecule has 0 bridgehead atoms. The zero-order valence-electron chi connectivity index (χ0n) is 9.30. The predicted molar refractivity (Wildman–Crippen MR) is 60.3 cm³/mol. The van der Waals surface area contributed by atoms with E-state index in [0.717, 1.165) is 6.54 Å². The standard InChI is InChI=1S/C11H21N3/c1-4-9(8-12-2)11(13-3)10-6-5-7-14-10/h5-7,9,11-14H,4,8H2,1-3H3. The van der Waals surface area contributed by atoms with Crippen LogP contribution in [0.5, 0.6) is 0 Å². The van der Waals surface area contributed by atoms with Crippen molar-refractivity contribution in [2.45, 2.75) is 19.4 Å². The summed E-state index contributed by atoms with van der Waals surface area (Å²) in [5, 5.41) is 6.61. The number of hydrogen-bond donors (Lipinski definition) is 3. The lowest BCUT2D eigenvalue weighted by molar-refractivity contribution is 0.354. The zero-order valence-corrected chi connectivity index (χ0v) is 9.30. The van der Waals surface area contributed by atoms with Crippen LogP contribution in [0, 0.1) is 5.92 Å². The molecule has 3 N–H and O–H groups in total. The lowest BCUT2D eigenvalue weighted by Crippen LogP contribution is -2.31. The minimum absolute atomic E-state index is 0.419. The van der Waals surface area contributed by atoms with E-state index >= 15 is 0 Å². The van der Waals surface area contributed by atoms with Crippen LogP contribution in [0.2, 0.25) is 0 Å². The van der Waals surface area contributed by atoms with Gasteiger partial charge in [0.2, 0.25) is 0 Å². The van der Waals surface area contributed by atoms with E-state index in [1.807, 2.05) is 26.4 Å². The first-order valence-electron chi connectivity index (χ1n) is 5.28. The van der Waals surface area contributed by atoms with Crippen molar-refractivity contribution in [2.24, 2.45) is 5.92 Å². The molecule has 0 aromatic carbocycles. The van der Waals surface area contributed by atoms with E-state index in [-0.39, 0.29) is 0 Å².